The number of aryl methyl sites for hydroxylation is 2. The van der Waals surface area contributed by atoms with E-state index in [9.17, 15) is 38.9 Å². The van der Waals surface area contributed by atoms with Crippen LogP contribution in [0.3, 0.4) is 0 Å². The van der Waals surface area contributed by atoms with Crippen LogP contribution in [-0.4, -0.2) is 51.2 Å². The fraction of sp³-hybridized carbons (Fsp3) is 0.560. The number of halogens is 2. The van der Waals surface area contributed by atoms with Gasteiger partial charge in [-0.2, -0.15) is 0 Å². The van der Waals surface area contributed by atoms with Crippen LogP contribution in [0.5, 0.6) is 0 Å². The maximum absolute atomic E-state index is 14.8. The molecule has 1 amide bonds. The summed E-state index contributed by atoms with van der Waals surface area (Å²) in [6, 6.07) is 21.6. The molecule has 2 aliphatic rings. The average Bonchev–Trinajstić information content (AvgIpc) is 3.90. The molecule has 0 saturated heterocycles. The lowest BCUT2D eigenvalue weighted by atomic mass is 9.85. The van der Waals surface area contributed by atoms with Crippen LogP contribution in [0.4, 0.5) is 4.39 Å². The SMILES string of the molecule is CCCCCCCCCc1ccc(CNC2CCC(C(N)=O)(C(=O)O)C2)cc1.CCCCCCCc1ccc(-c2ccc(CNC3CCC(C(=O)O)(C(=O)O)C3)cc2F)cc1.Cl. The number of hydrogen-bond acceptors (Lipinski definition) is 6. The predicted octanol–water partition coefficient (Wildman–Crippen LogP) is 10.4. The van der Waals surface area contributed by atoms with Crippen LogP contribution in [0, 0.1) is 16.6 Å². The normalized spacial score (nSPS) is 19.0. The summed E-state index contributed by atoms with van der Waals surface area (Å²) in [7, 11) is 0. The Morgan fingerprint density at radius 3 is 1.44 bits per heavy atom. The predicted molar refractivity (Wildman–Crippen MR) is 246 cm³/mol. The third kappa shape index (κ3) is 15.2. The van der Waals surface area contributed by atoms with E-state index < -0.39 is 34.6 Å². The van der Waals surface area contributed by atoms with Crippen molar-refractivity contribution in [1.29, 1.82) is 0 Å². The zero-order valence-electron chi connectivity index (χ0n) is 36.9. The van der Waals surface area contributed by atoms with Gasteiger partial charge in [-0.25, -0.2) is 4.39 Å². The van der Waals surface area contributed by atoms with Gasteiger partial charge < -0.3 is 31.7 Å². The number of carboxylic acids is 3. The Balaban J connectivity index is 0.000000330. The number of carbonyl (C=O) groups excluding carboxylic acids is 1. The van der Waals surface area contributed by atoms with Crippen LogP contribution in [0.1, 0.15) is 152 Å². The maximum Gasteiger partial charge on any atom is 0.321 e. The van der Waals surface area contributed by atoms with Gasteiger partial charge in [-0.15, -0.1) is 12.4 Å². The molecule has 0 spiro atoms. The van der Waals surface area contributed by atoms with E-state index in [2.05, 4.69) is 60.9 Å². The summed E-state index contributed by atoms with van der Waals surface area (Å²) in [5.41, 5.74) is 8.16. The second-order valence-corrected chi connectivity index (χ2v) is 17.4. The van der Waals surface area contributed by atoms with Crippen LogP contribution < -0.4 is 16.4 Å². The molecule has 10 nitrogen and oxygen atoms in total. The summed E-state index contributed by atoms with van der Waals surface area (Å²) in [5.74, 6) is -4.72. The number of aliphatic carboxylic acids is 3. The molecule has 3 atom stereocenters. The molecular weight excluding hydrogens is 809 g/mol. The Morgan fingerprint density at radius 1 is 0.597 bits per heavy atom. The molecule has 3 aromatic rings. The first-order valence-electron chi connectivity index (χ1n) is 22.8. The van der Waals surface area contributed by atoms with Crippen molar-refractivity contribution in [2.24, 2.45) is 16.6 Å². The summed E-state index contributed by atoms with van der Waals surface area (Å²) in [4.78, 5) is 46.0. The summed E-state index contributed by atoms with van der Waals surface area (Å²) in [6.45, 7) is 5.49. The molecule has 7 N–H and O–H groups in total. The minimum Gasteiger partial charge on any atom is -0.480 e. The lowest BCUT2D eigenvalue weighted by Gasteiger charge is -2.20. The van der Waals surface area contributed by atoms with E-state index >= 15 is 0 Å². The number of benzene rings is 3. The first-order valence-corrected chi connectivity index (χ1v) is 22.8. The minimum atomic E-state index is -1.73. The summed E-state index contributed by atoms with van der Waals surface area (Å²) in [5, 5.41) is 34.7. The van der Waals surface area contributed by atoms with Gasteiger partial charge >= 0.3 is 17.9 Å². The first kappa shape index (κ1) is 52.0. The molecule has 12 heteroatoms. The van der Waals surface area contributed by atoms with E-state index in [1.54, 1.807) is 6.07 Å². The van der Waals surface area contributed by atoms with E-state index in [4.69, 9.17) is 5.73 Å². The van der Waals surface area contributed by atoms with Gasteiger partial charge in [0.25, 0.3) is 0 Å². The molecule has 5 rings (SSSR count). The molecule has 62 heavy (non-hydrogen) atoms. The Hall–Kier alpha value is -4.32. The molecule has 0 heterocycles. The number of nitrogens with one attached hydrogen (secondary N) is 2. The van der Waals surface area contributed by atoms with Gasteiger partial charge in [-0.3, -0.25) is 19.2 Å². The number of amides is 1. The van der Waals surface area contributed by atoms with E-state index in [0.29, 0.717) is 37.9 Å². The fourth-order valence-electron chi connectivity index (χ4n) is 8.76. The van der Waals surface area contributed by atoms with Crippen LogP contribution in [0.25, 0.3) is 11.1 Å². The fourth-order valence-corrected chi connectivity index (χ4v) is 8.76. The number of unbranched alkanes of at least 4 members (excludes halogenated alkanes) is 10. The van der Waals surface area contributed by atoms with Crippen molar-refractivity contribution in [3.63, 3.8) is 0 Å². The Morgan fingerprint density at radius 2 is 1.00 bits per heavy atom. The van der Waals surface area contributed by atoms with E-state index in [1.165, 1.54) is 99.8 Å². The van der Waals surface area contributed by atoms with Gasteiger partial charge in [0.1, 0.15) is 11.2 Å². The zero-order valence-corrected chi connectivity index (χ0v) is 37.7. The quantitative estimate of drug-likeness (QED) is 0.0357. The summed E-state index contributed by atoms with van der Waals surface area (Å²) in [6.07, 6.45) is 19.5. The van der Waals surface area contributed by atoms with Crippen LogP contribution >= 0.6 is 12.4 Å². The number of nitrogens with two attached hydrogens (primary N) is 1. The maximum atomic E-state index is 14.8. The monoisotopic (exact) mass is 879 g/mol. The minimum absolute atomic E-state index is 0. The first-order chi connectivity index (χ1) is 29.3. The van der Waals surface area contributed by atoms with E-state index in [0.717, 1.165) is 24.0 Å². The van der Waals surface area contributed by atoms with Crippen molar-refractivity contribution in [1.82, 2.24) is 10.6 Å². The molecule has 0 bridgehead atoms. The average molecular weight is 881 g/mol. The van der Waals surface area contributed by atoms with E-state index in [1.807, 2.05) is 18.2 Å². The van der Waals surface area contributed by atoms with Crippen molar-refractivity contribution in [3.8, 4) is 11.1 Å². The highest BCUT2D eigenvalue weighted by Crippen LogP contribution is 2.40. The standard InChI is InChI=1S/C27H34FNO4.C23H36N2O3.ClH/c1-2-3-4-5-6-7-19-8-11-21(12-9-19)23-13-10-20(16-24(23)28)18-29-22-14-15-27(17-22,25(30)31)26(32)33;1-2-3-4-5-6-7-8-9-18-10-12-19(13-11-18)17-25-20-14-15-23(16-20,21(24)26)22(27)28;/h8-13,16,22,29H,2-7,14-15,17-18H2,1H3,(H,30,31)(H,32,33);10-13,20,25H,2-9,14-17H2,1H3,(H2,24,26)(H,27,28);1H. The van der Waals surface area contributed by atoms with Crippen molar-refractivity contribution < 1.29 is 38.9 Å². The zero-order chi connectivity index (χ0) is 44.3. The van der Waals surface area contributed by atoms with Gasteiger partial charge in [0, 0.05) is 30.7 Å². The number of primary amides is 1. The smallest absolute Gasteiger partial charge is 0.321 e. The van der Waals surface area contributed by atoms with Crippen molar-refractivity contribution in [2.45, 2.75) is 167 Å². The van der Waals surface area contributed by atoms with E-state index in [-0.39, 0.29) is 49.6 Å². The third-order valence-electron chi connectivity index (χ3n) is 12.9. The molecule has 342 valence electrons. The van der Waals surface area contributed by atoms with Gasteiger partial charge in [0.05, 0.1) is 0 Å². The number of hydrogen-bond donors (Lipinski definition) is 6. The molecule has 2 saturated carbocycles. The van der Waals surface area contributed by atoms with Gasteiger partial charge in [-0.05, 0) is 98.1 Å². The highest BCUT2D eigenvalue weighted by Gasteiger charge is 2.52. The topological polar surface area (TPSA) is 179 Å². The Labute approximate surface area is 374 Å². The van der Waals surface area contributed by atoms with Crippen molar-refractivity contribution in [2.75, 3.05) is 0 Å². The van der Waals surface area contributed by atoms with Gasteiger partial charge in [-0.1, -0.05) is 139 Å². The molecule has 2 aliphatic carbocycles. The second-order valence-electron chi connectivity index (χ2n) is 17.4. The molecule has 3 aromatic carbocycles. The van der Waals surface area contributed by atoms with Crippen LogP contribution in [-0.2, 0) is 45.1 Å². The molecule has 2 fully saturated rings. The third-order valence-corrected chi connectivity index (χ3v) is 12.9. The Bertz CT molecular complexity index is 1830. The largest absolute Gasteiger partial charge is 0.480 e. The molecule has 0 aromatic heterocycles. The highest BCUT2D eigenvalue weighted by molar-refractivity contribution is 6.01. The van der Waals surface area contributed by atoms with Gasteiger partial charge in [0.2, 0.25) is 5.91 Å². The lowest BCUT2D eigenvalue weighted by Crippen LogP contribution is -2.43. The number of carboxylic acid groups (broad SMARTS) is 3. The number of carbonyl (C=O) groups is 4. The molecular formula is C50H71ClFN3O7. The Kier molecular flexibility index (Phi) is 22.1. The lowest BCUT2D eigenvalue weighted by molar-refractivity contribution is -0.164. The summed E-state index contributed by atoms with van der Waals surface area (Å²) >= 11 is 0. The van der Waals surface area contributed by atoms with Crippen LogP contribution in [0.2, 0.25) is 0 Å². The van der Waals surface area contributed by atoms with Crippen molar-refractivity contribution in [3.05, 3.63) is 94.8 Å². The molecule has 0 aliphatic heterocycles. The molecule has 3 unspecified atom stereocenters. The van der Waals surface area contributed by atoms with Gasteiger partial charge in [0.15, 0.2) is 5.41 Å². The second kappa shape index (κ2) is 26.3. The van der Waals surface area contributed by atoms with Crippen LogP contribution in [0.15, 0.2) is 66.7 Å². The molecule has 0 radical (unpaired) electrons. The van der Waals surface area contributed by atoms with Crippen molar-refractivity contribution >= 4 is 36.2 Å². The number of rotatable bonds is 25. The summed E-state index contributed by atoms with van der Waals surface area (Å²) < 4.78 is 14.8. The highest BCUT2D eigenvalue weighted by atomic mass is 35.5.